The molecule has 2 aromatic heterocycles. The largest absolute Gasteiger partial charge is 0.461 e. The van der Waals surface area contributed by atoms with Crippen LogP contribution in [0.25, 0.3) is 32.1 Å². The third-order valence-corrected chi connectivity index (χ3v) is 10.3. The molecular formula is C31H28F6N6OS. The average Bonchev–Trinajstić information content (AvgIpc) is 3.65. The number of nitrogens with two attached hydrogens (primary N) is 1. The van der Waals surface area contributed by atoms with Crippen LogP contribution in [-0.4, -0.2) is 59.4 Å². The van der Waals surface area contributed by atoms with Crippen molar-refractivity contribution in [2.45, 2.75) is 56.4 Å². The first kappa shape index (κ1) is 29.9. The molecule has 4 aromatic rings. The molecule has 7 nitrogen and oxygen atoms in total. The van der Waals surface area contributed by atoms with Crippen LogP contribution in [0.15, 0.2) is 18.2 Å². The van der Waals surface area contributed by atoms with Crippen LogP contribution in [0.4, 0.5) is 37.2 Å². The SMILES string of the molecule is N#Cc1c(N)sc2c(F)ccc(-c3c(C(F)(F)F)cc4c(N5CCCCC5)nc(OCC56CCCN5CC(F)C6)nc4c3F)c12. The highest BCUT2D eigenvalue weighted by Crippen LogP contribution is 2.48. The molecule has 0 radical (unpaired) electrons. The average molecular weight is 647 g/mol. The molecule has 3 fully saturated rings. The molecular weight excluding hydrogens is 618 g/mol. The molecule has 7 rings (SSSR count). The van der Waals surface area contributed by atoms with Gasteiger partial charge in [0.25, 0.3) is 0 Å². The third kappa shape index (κ3) is 4.91. The zero-order valence-corrected chi connectivity index (χ0v) is 24.8. The Balaban J connectivity index is 1.45. The van der Waals surface area contributed by atoms with E-state index in [1.807, 2.05) is 11.0 Å². The van der Waals surface area contributed by atoms with E-state index < -0.39 is 46.2 Å². The van der Waals surface area contributed by atoms with E-state index in [0.29, 0.717) is 37.4 Å². The molecule has 5 heterocycles. The normalized spacial score (nSPS) is 22.3. The van der Waals surface area contributed by atoms with E-state index in [1.165, 1.54) is 0 Å². The van der Waals surface area contributed by atoms with E-state index in [4.69, 9.17) is 10.5 Å². The van der Waals surface area contributed by atoms with Gasteiger partial charge in [-0.2, -0.15) is 28.4 Å². The lowest BCUT2D eigenvalue weighted by molar-refractivity contribution is -0.137. The van der Waals surface area contributed by atoms with Crippen molar-refractivity contribution in [2.75, 3.05) is 43.4 Å². The Kier molecular flexibility index (Phi) is 7.24. The predicted molar refractivity (Wildman–Crippen MR) is 159 cm³/mol. The molecule has 0 spiro atoms. The molecule has 2 unspecified atom stereocenters. The summed E-state index contributed by atoms with van der Waals surface area (Å²) < 4.78 is 96.2. The predicted octanol–water partition coefficient (Wildman–Crippen LogP) is 7.21. The number of piperidine rings is 1. The fraction of sp³-hybridized carbons (Fsp3) is 0.452. The van der Waals surface area contributed by atoms with Gasteiger partial charge in [0, 0.05) is 42.4 Å². The molecule has 0 amide bonds. The molecule has 2 N–H and O–H groups in total. The van der Waals surface area contributed by atoms with Gasteiger partial charge in [0.15, 0.2) is 5.82 Å². The van der Waals surface area contributed by atoms with Gasteiger partial charge in [-0.1, -0.05) is 6.07 Å². The highest BCUT2D eigenvalue weighted by Gasteiger charge is 2.49. The highest BCUT2D eigenvalue weighted by molar-refractivity contribution is 7.23. The summed E-state index contributed by atoms with van der Waals surface area (Å²) in [7, 11) is 0. The number of ether oxygens (including phenoxy) is 1. The molecule has 14 heteroatoms. The van der Waals surface area contributed by atoms with E-state index in [-0.39, 0.29) is 56.5 Å². The second-order valence-electron chi connectivity index (χ2n) is 12.0. The highest BCUT2D eigenvalue weighted by atomic mass is 32.1. The van der Waals surface area contributed by atoms with Gasteiger partial charge < -0.3 is 15.4 Å². The quantitative estimate of drug-likeness (QED) is 0.229. The minimum Gasteiger partial charge on any atom is -0.461 e. The number of thiophene rings is 1. The number of halogens is 6. The number of alkyl halides is 4. The monoisotopic (exact) mass is 646 g/mol. The number of anilines is 2. The minimum atomic E-state index is -5.04. The zero-order valence-electron chi connectivity index (χ0n) is 24.0. The molecule has 3 aliphatic rings. The first-order valence-electron chi connectivity index (χ1n) is 14.8. The van der Waals surface area contributed by atoms with Crippen molar-refractivity contribution in [3.8, 4) is 23.2 Å². The molecule has 3 saturated heterocycles. The molecule has 3 aliphatic heterocycles. The Bertz CT molecular complexity index is 1870. The Morgan fingerprint density at radius 2 is 1.89 bits per heavy atom. The fourth-order valence-corrected chi connectivity index (χ4v) is 8.19. The van der Waals surface area contributed by atoms with Crippen molar-refractivity contribution >= 4 is 43.1 Å². The number of benzene rings is 2. The summed E-state index contributed by atoms with van der Waals surface area (Å²) in [6.07, 6.45) is -1.71. The van der Waals surface area contributed by atoms with Crippen molar-refractivity contribution in [2.24, 2.45) is 0 Å². The lowest BCUT2D eigenvalue weighted by atomic mass is 9.92. The molecule has 45 heavy (non-hydrogen) atoms. The van der Waals surface area contributed by atoms with Crippen molar-refractivity contribution < 1.29 is 31.1 Å². The lowest BCUT2D eigenvalue weighted by Crippen LogP contribution is -2.43. The lowest BCUT2D eigenvalue weighted by Gasteiger charge is -2.32. The minimum absolute atomic E-state index is 0.0474. The second kappa shape index (κ2) is 10.9. The van der Waals surface area contributed by atoms with Crippen molar-refractivity contribution in [1.82, 2.24) is 14.9 Å². The van der Waals surface area contributed by atoms with Gasteiger partial charge >= 0.3 is 12.2 Å². The van der Waals surface area contributed by atoms with Gasteiger partial charge in [0.2, 0.25) is 0 Å². The van der Waals surface area contributed by atoms with Crippen molar-refractivity contribution in [3.63, 3.8) is 0 Å². The van der Waals surface area contributed by atoms with Gasteiger partial charge in [-0.25, -0.2) is 13.2 Å². The van der Waals surface area contributed by atoms with Crippen LogP contribution in [-0.2, 0) is 6.18 Å². The molecule has 2 aromatic carbocycles. The van der Waals surface area contributed by atoms with Crippen LogP contribution >= 0.6 is 11.3 Å². The summed E-state index contributed by atoms with van der Waals surface area (Å²) in [5.74, 6) is -1.99. The van der Waals surface area contributed by atoms with Gasteiger partial charge in [0.05, 0.1) is 21.4 Å². The summed E-state index contributed by atoms with van der Waals surface area (Å²) in [5.41, 5.74) is 2.21. The Hall–Kier alpha value is -3.83. The fourth-order valence-electron chi connectivity index (χ4n) is 7.25. The maximum atomic E-state index is 16.8. The maximum Gasteiger partial charge on any atom is 0.417 e. The number of nitrogen functional groups attached to an aromatic ring is 1. The van der Waals surface area contributed by atoms with Crippen LogP contribution in [0, 0.1) is 23.0 Å². The van der Waals surface area contributed by atoms with E-state index in [1.54, 1.807) is 4.90 Å². The van der Waals surface area contributed by atoms with E-state index in [9.17, 15) is 27.2 Å². The summed E-state index contributed by atoms with van der Waals surface area (Å²) in [6, 6.07) is 4.38. The maximum absolute atomic E-state index is 16.8. The van der Waals surface area contributed by atoms with E-state index >= 15 is 4.39 Å². The van der Waals surface area contributed by atoms with Crippen molar-refractivity contribution in [1.29, 1.82) is 5.26 Å². The summed E-state index contributed by atoms with van der Waals surface area (Å²) in [5, 5.41) is 9.31. The number of nitrogens with zero attached hydrogens (tertiary/aromatic N) is 5. The standard InChI is InChI=1S/C31H28F6N6OS/c32-16-12-30(7-4-10-43(30)14-16)15-44-29-40-25-18(28(41-29)42-8-2-1-3-9-42)11-20(31(35,36)37)23(24(25)34)17-5-6-21(33)26-22(17)19(13-38)27(39)45-26/h5-6,11,16H,1-4,7-10,12,14-15,39H2. The van der Waals surface area contributed by atoms with Gasteiger partial charge in [-0.15, -0.1) is 11.3 Å². The van der Waals surface area contributed by atoms with Crippen LogP contribution in [0.5, 0.6) is 6.01 Å². The van der Waals surface area contributed by atoms with Gasteiger partial charge in [-0.3, -0.25) is 4.90 Å². The Labute approximate surface area is 258 Å². The van der Waals surface area contributed by atoms with Crippen LogP contribution in [0.2, 0.25) is 0 Å². The second-order valence-corrected chi connectivity index (χ2v) is 13.1. The number of aromatic nitrogens is 2. The molecule has 0 saturated carbocycles. The zero-order chi connectivity index (χ0) is 31.7. The first-order valence-corrected chi connectivity index (χ1v) is 15.6. The Morgan fingerprint density at radius 1 is 1.11 bits per heavy atom. The summed E-state index contributed by atoms with van der Waals surface area (Å²) in [4.78, 5) is 12.7. The first-order chi connectivity index (χ1) is 21.5. The number of nitriles is 1. The Morgan fingerprint density at radius 3 is 2.62 bits per heavy atom. The number of hydrogen-bond donors (Lipinski definition) is 1. The van der Waals surface area contributed by atoms with Gasteiger partial charge in [-0.05, 0) is 56.3 Å². The topological polar surface area (TPSA) is 91.3 Å². The molecule has 0 bridgehead atoms. The van der Waals surface area contributed by atoms with Gasteiger partial charge in [0.1, 0.15) is 41.0 Å². The van der Waals surface area contributed by atoms with E-state index in [0.717, 1.165) is 50.4 Å². The molecule has 0 aliphatic carbocycles. The smallest absolute Gasteiger partial charge is 0.417 e. The number of fused-ring (bicyclic) bond motifs is 3. The van der Waals surface area contributed by atoms with Crippen molar-refractivity contribution in [3.05, 3.63) is 41.0 Å². The van der Waals surface area contributed by atoms with Crippen LogP contribution in [0.1, 0.15) is 49.7 Å². The van der Waals surface area contributed by atoms with Crippen LogP contribution in [0.3, 0.4) is 0 Å². The number of rotatable bonds is 5. The molecule has 236 valence electrons. The summed E-state index contributed by atoms with van der Waals surface area (Å²) >= 11 is 0.705. The third-order valence-electron chi connectivity index (χ3n) is 9.28. The van der Waals surface area contributed by atoms with Crippen LogP contribution < -0.4 is 15.4 Å². The van der Waals surface area contributed by atoms with E-state index in [2.05, 4.69) is 9.97 Å². The molecule has 2 atom stereocenters. The summed E-state index contributed by atoms with van der Waals surface area (Å²) in [6.45, 7) is 2.06. The number of hydrogen-bond acceptors (Lipinski definition) is 8.